The van der Waals surface area contributed by atoms with Crippen LogP contribution >= 0.6 is 0 Å². The van der Waals surface area contributed by atoms with Gasteiger partial charge in [0.2, 0.25) is 0 Å². The van der Waals surface area contributed by atoms with Crippen LogP contribution in [-0.4, -0.2) is 8.42 Å². The lowest BCUT2D eigenvalue weighted by Gasteiger charge is -2.06. The van der Waals surface area contributed by atoms with Gasteiger partial charge in [0.15, 0.2) is 9.84 Å². The molecule has 0 unspecified atom stereocenters. The van der Waals surface area contributed by atoms with Gasteiger partial charge in [-0.1, -0.05) is 6.07 Å². The number of rotatable bonds is 3. The first-order chi connectivity index (χ1) is 9.40. The van der Waals surface area contributed by atoms with Crippen molar-refractivity contribution in [3.05, 3.63) is 59.4 Å². The van der Waals surface area contributed by atoms with Gasteiger partial charge in [0.25, 0.3) is 0 Å². The summed E-state index contributed by atoms with van der Waals surface area (Å²) >= 11 is 0. The Morgan fingerprint density at radius 3 is 2.60 bits per heavy atom. The third-order valence-corrected chi connectivity index (χ3v) is 4.35. The van der Waals surface area contributed by atoms with Crippen LogP contribution in [0.5, 0.6) is 0 Å². The fourth-order valence-corrected chi connectivity index (χ4v) is 3.18. The Balaban J connectivity index is 2.39. The Labute approximate surface area is 116 Å². The minimum atomic E-state index is -3.63. The maximum atomic E-state index is 13.3. The van der Waals surface area contributed by atoms with Crippen molar-refractivity contribution in [2.24, 2.45) is 0 Å². The highest BCUT2D eigenvalue weighted by atomic mass is 32.2. The SMILES string of the molecule is N#Cc1cc(F)cc(CS(=O)(=O)c2cccc(N)c2)c1. The normalized spacial score (nSPS) is 11.0. The van der Waals surface area contributed by atoms with E-state index in [0.29, 0.717) is 5.69 Å². The number of hydrogen-bond donors (Lipinski definition) is 1. The molecule has 0 heterocycles. The second-order valence-electron chi connectivity index (χ2n) is 4.29. The van der Waals surface area contributed by atoms with Gasteiger partial charge in [0.05, 0.1) is 22.3 Å². The molecule has 4 nitrogen and oxygen atoms in total. The standard InChI is InChI=1S/C14H11FN2O2S/c15-12-5-10(8-16)4-11(6-12)9-20(18,19)14-3-1-2-13(17)7-14/h1-7H,9,17H2. The summed E-state index contributed by atoms with van der Waals surface area (Å²) < 4.78 is 37.7. The van der Waals surface area contributed by atoms with Crippen molar-refractivity contribution in [3.8, 4) is 6.07 Å². The Bertz CT molecular complexity index is 795. The summed E-state index contributed by atoms with van der Waals surface area (Å²) in [5.74, 6) is -1.02. The molecule has 0 bridgehead atoms. The van der Waals surface area contributed by atoms with Crippen LogP contribution in [0.4, 0.5) is 10.1 Å². The topological polar surface area (TPSA) is 84.0 Å². The summed E-state index contributed by atoms with van der Waals surface area (Å²) in [5.41, 5.74) is 6.20. The fraction of sp³-hybridized carbons (Fsp3) is 0.0714. The molecule has 0 saturated carbocycles. The smallest absolute Gasteiger partial charge is 0.182 e. The number of nitrogens with two attached hydrogens (primary N) is 1. The molecular weight excluding hydrogens is 279 g/mol. The van der Waals surface area contributed by atoms with Crippen molar-refractivity contribution in [2.45, 2.75) is 10.6 Å². The average molecular weight is 290 g/mol. The van der Waals surface area contributed by atoms with Crippen LogP contribution < -0.4 is 5.73 Å². The van der Waals surface area contributed by atoms with Gasteiger partial charge in [-0.3, -0.25) is 0 Å². The van der Waals surface area contributed by atoms with Gasteiger partial charge in [0, 0.05) is 5.69 Å². The van der Waals surface area contributed by atoms with Crippen molar-refractivity contribution in [1.82, 2.24) is 0 Å². The lowest BCUT2D eigenvalue weighted by molar-refractivity contribution is 0.594. The van der Waals surface area contributed by atoms with Gasteiger partial charge >= 0.3 is 0 Å². The van der Waals surface area contributed by atoms with Crippen molar-refractivity contribution in [1.29, 1.82) is 5.26 Å². The maximum absolute atomic E-state index is 13.3. The van der Waals surface area contributed by atoms with Gasteiger partial charge in [-0.25, -0.2) is 12.8 Å². The van der Waals surface area contributed by atoms with Crippen molar-refractivity contribution >= 4 is 15.5 Å². The van der Waals surface area contributed by atoms with Crippen LogP contribution in [0.15, 0.2) is 47.4 Å². The molecule has 0 atom stereocenters. The molecule has 0 aliphatic heterocycles. The number of sulfone groups is 1. The molecule has 20 heavy (non-hydrogen) atoms. The van der Waals surface area contributed by atoms with E-state index >= 15 is 0 Å². The lowest BCUT2D eigenvalue weighted by atomic mass is 10.1. The first-order valence-electron chi connectivity index (χ1n) is 5.68. The predicted octanol–water partition coefficient (Wildman–Crippen LogP) is 2.25. The average Bonchev–Trinajstić information content (AvgIpc) is 2.37. The van der Waals surface area contributed by atoms with Crippen LogP contribution in [0.3, 0.4) is 0 Å². The molecule has 2 N–H and O–H groups in total. The highest BCUT2D eigenvalue weighted by Crippen LogP contribution is 2.20. The van der Waals surface area contributed by atoms with E-state index in [2.05, 4.69) is 0 Å². The molecule has 0 radical (unpaired) electrons. The van der Waals surface area contributed by atoms with E-state index < -0.39 is 15.7 Å². The summed E-state index contributed by atoms with van der Waals surface area (Å²) in [7, 11) is -3.63. The second kappa shape index (κ2) is 5.31. The first kappa shape index (κ1) is 14.0. The number of hydrogen-bond acceptors (Lipinski definition) is 4. The molecule has 2 aromatic rings. The van der Waals surface area contributed by atoms with E-state index in [4.69, 9.17) is 11.0 Å². The van der Waals surface area contributed by atoms with E-state index in [1.165, 1.54) is 24.3 Å². The van der Waals surface area contributed by atoms with Gasteiger partial charge in [-0.2, -0.15) is 5.26 Å². The Hall–Kier alpha value is -2.39. The van der Waals surface area contributed by atoms with Crippen LogP contribution in [0.2, 0.25) is 0 Å². The van der Waals surface area contributed by atoms with Crippen molar-refractivity contribution < 1.29 is 12.8 Å². The summed E-state index contributed by atoms with van der Waals surface area (Å²) in [6, 6.07) is 11.2. The van der Waals surface area contributed by atoms with Crippen molar-refractivity contribution in [3.63, 3.8) is 0 Å². The number of halogens is 1. The quantitative estimate of drug-likeness (QED) is 0.879. The minimum Gasteiger partial charge on any atom is -0.399 e. The Morgan fingerprint density at radius 2 is 1.95 bits per heavy atom. The molecule has 0 aliphatic carbocycles. The third-order valence-electron chi connectivity index (χ3n) is 2.66. The molecule has 0 saturated heterocycles. The van der Waals surface area contributed by atoms with Crippen LogP contribution in [-0.2, 0) is 15.6 Å². The van der Waals surface area contributed by atoms with Gasteiger partial charge in [-0.05, 0) is 42.0 Å². The highest BCUT2D eigenvalue weighted by molar-refractivity contribution is 7.90. The summed E-state index contributed by atoms with van der Waals surface area (Å²) in [4.78, 5) is 0.0697. The zero-order chi connectivity index (χ0) is 14.8. The molecule has 0 aliphatic rings. The molecule has 0 fully saturated rings. The summed E-state index contributed by atoms with van der Waals surface area (Å²) in [5, 5.41) is 8.76. The van der Waals surface area contributed by atoms with E-state index in [9.17, 15) is 12.8 Å². The molecule has 0 spiro atoms. The molecule has 2 aromatic carbocycles. The largest absolute Gasteiger partial charge is 0.399 e. The fourth-order valence-electron chi connectivity index (χ4n) is 1.81. The lowest BCUT2D eigenvalue weighted by Crippen LogP contribution is -2.06. The van der Waals surface area contributed by atoms with Gasteiger partial charge in [0.1, 0.15) is 5.82 Å². The number of anilines is 1. The number of benzene rings is 2. The van der Waals surface area contributed by atoms with E-state index in [1.807, 2.05) is 0 Å². The van der Waals surface area contributed by atoms with Gasteiger partial charge < -0.3 is 5.73 Å². The zero-order valence-corrected chi connectivity index (χ0v) is 11.2. The summed E-state index contributed by atoms with van der Waals surface area (Å²) in [6.45, 7) is 0. The minimum absolute atomic E-state index is 0.0697. The summed E-state index contributed by atoms with van der Waals surface area (Å²) in [6.07, 6.45) is 0. The van der Waals surface area contributed by atoms with E-state index in [-0.39, 0.29) is 21.8 Å². The number of nitrogen functional groups attached to an aromatic ring is 1. The molecular formula is C14H11FN2O2S. The maximum Gasteiger partial charge on any atom is 0.182 e. The number of nitriles is 1. The van der Waals surface area contributed by atoms with E-state index in [1.54, 1.807) is 12.1 Å². The van der Waals surface area contributed by atoms with Crippen molar-refractivity contribution in [2.75, 3.05) is 5.73 Å². The monoisotopic (exact) mass is 290 g/mol. The third kappa shape index (κ3) is 3.13. The molecule has 2 rings (SSSR count). The van der Waals surface area contributed by atoms with E-state index in [0.717, 1.165) is 12.1 Å². The molecule has 0 aromatic heterocycles. The van der Waals surface area contributed by atoms with Crippen LogP contribution in [0.1, 0.15) is 11.1 Å². The first-order valence-corrected chi connectivity index (χ1v) is 7.34. The Kier molecular flexibility index (Phi) is 3.72. The van der Waals surface area contributed by atoms with Crippen LogP contribution in [0, 0.1) is 17.1 Å². The second-order valence-corrected chi connectivity index (χ2v) is 6.28. The van der Waals surface area contributed by atoms with Crippen LogP contribution in [0.25, 0.3) is 0 Å². The highest BCUT2D eigenvalue weighted by Gasteiger charge is 2.16. The zero-order valence-electron chi connectivity index (χ0n) is 10.4. The molecule has 0 amide bonds. The van der Waals surface area contributed by atoms with Gasteiger partial charge in [-0.15, -0.1) is 0 Å². The molecule has 6 heteroatoms. The molecule has 102 valence electrons. The number of nitrogens with zero attached hydrogens (tertiary/aromatic N) is 1. The predicted molar refractivity (Wildman–Crippen MR) is 72.9 cm³/mol. The Morgan fingerprint density at radius 1 is 1.20 bits per heavy atom.